The third kappa shape index (κ3) is 4.02. The van der Waals surface area contributed by atoms with Gasteiger partial charge in [0.05, 0.1) is 5.69 Å². The van der Waals surface area contributed by atoms with Crippen molar-refractivity contribution in [3.63, 3.8) is 0 Å². The highest BCUT2D eigenvalue weighted by molar-refractivity contribution is 6.09. The van der Waals surface area contributed by atoms with E-state index in [0.717, 1.165) is 44.7 Å². The SMILES string of the molecule is C[C@H]1CN(CCCCN2C(=O)CCC(=O)c3ccccc32)CCN1. The number of ketones is 1. The predicted octanol–water partition coefficient (Wildman–Crippen LogP) is 2.07. The lowest BCUT2D eigenvalue weighted by Crippen LogP contribution is -2.49. The Morgan fingerprint density at radius 1 is 1.12 bits per heavy atom. The number of fused-ring (bicyclic) bond motifs is 1. The van der Waals surface area contributed by atoms with Crippen molar-refractivity contribution in [3.8, 4) is 0 Å². The van der Waals surface area contributed by atoms with Crippen LogP contribution < -0.4 is 10.2 Å². The summed E-state index contributed by atoms with van der Waals surface area (Å²) >= 11 is 0. The standard InChI is InChI=1S/C19H27N3O2/c1-15-14-21(13-10-20-15)11-4-5-12-22-17-7-3-2-6-16(17)18(23)8-9-19(22)24/h2-3,6-7,15,20H,4-5,8-14H2,1H3/t15-/m0/s1. The van der Waals surface area contributed by atoms with Gasteiger partial charge in [0, 0.05) is 50.6 Å². The first kappa shape index (κ1) is 17.1. The molecular formula is C19H27N3O2. The highest BCUT2D eigenvalue weighted by atomic mass is 16.2. The number of hydrogen-bond donors (Lipinski definition) is 1. The number of unbranched alkanes of at least 4 members (excludes halogenated alkanes) is 1. The molecule has 0 unspecified atom stereocenters. The first-order valence-electron chi connectivity index (χ1n) is 9.03. The summed E-state index contributed by atoms with van der Waals surface area (Å²) in [4.78, 5) is 28.9. The van der Waals surface area contributed by atoms with Gasteiger partial charge < -0.3 is 15.1 Å². The van der Waals surface area contributed by atoms with Crippen molar-refractivity contribution in [1.29, 1.82) is 0 Å². The van der Waals surface area contributed by atoms with Crippen LogP contribution in [0, 0.1) is 0 Å². The third-order valence-corrected chi connectivity index (χ3v) is 4.92. The number of piperazine rings is 1. The molecule has 0 spiro atoms. The Balaban J connectivity index is 1.56. The van der Waals surface area contributed by atoms with Crippen LogP contribution in [0.1, 0.15) is 43.0 Å². The number of carbonyl (C=O) groups is 2. The fourth-order valence-electron chi connectivity index (χ4n) is 3.64. The van der Waals surface area contributed by atoms with Gasteiger partial charge in [-0.05, 0) is 38.4 Å². The molecule has 0 saturated carbocycles. The molecule has 130 valence electrons. The van der Waals surface area contributed by atoms with Gasteiger partial charge in [0.1, 0.15) is 0 Å². The van der Waals surface area contributed by atoms with Gasteiger partial charge in [-0.15, -0.1) is 0 Å². The van der Waals surface area contributed by atoms with Gasteiger partial charge >= 0.3 is 0 Å². The molecule has 1 aromatic carbocycles. The molecule has 1 aromatic rings. The normalized spacial score (nSPS) is 22.4. The molecule has 1 atom stereocenters. The second-order valence-electron chi connectivity index (χ2n) is 6.85. The van der Waals surface area contributed by atoms with E-state index in [2.05, 4.69) is 17.1 Å². The van der Waals surface area contributed by atoms with Gasteiger partial charge in [-0.3, -0.25) is 9.59 Å². The Morgan fingerprint density at radius 3 is 2.75 bits per heavy atom. The Bertz CT molecular complexity index is 602. The van der Waals surface area contributed by atoms with Crippen LogP contribution in [0.5, 0.6) is 0 Å². The van der Waals surface area contributed by atoms with E-state index in [-0.39, 0.29) is 11.7 Å². The summed E-state index contributed by atoms with van der Waals surface area (Å²) in [6.45, 7) is 7.25. The molecule has 0 aromatic heterocycles. The number of Topliss-reactive ketones (excluding diaryl/α,β-unsaturated/α-hetero) is 1. The number of rotatable bonds is 5. The Morgan fingerprint density at radius 2 is 1.92 bits per heavy atom. The van der Waals surface area contributed by atoms with Crippen LogP contribution in [-0.4, -0.2) is 55.4 Å². The van der Waals surface area contributed by atoms with Crippen LogP contribution in [0.15, 0.2) is 24.3 Å². The Labute approximate surface area is 144 Å². The lowest BCUT2D eigenvalue weighted by molar-refractivity contribution is -0.118. The van der Waals surface area contributed by atoms with Crippen LogP contribution in [0.2, 0.25) is 0 Å². The zero-order valence-electron chi connectivity index (χ0n) is 14.5. The molecule has 1 fully saturated rings. The van der Waals surface area contributed by atoms with Crippen molar-refractivity contribution >= 4 is 17.4 Å². The minimum Gasteiger partial charge on any atom is -0.312 e. The predicted molar refractivity (Wildman–Crippen MR) is 95.5 cm³/mol. The fraction of sp³-hybridized carbons (Fsp3) is 0.579. The van der Waals surface area contributed by atoms with Crippen molar-refractivity contribution in [2.24, 2.45) is 0 Å². The molecule has 0 radical (unpaired) electrons. The summed E-state index contributed by atoms with van der Waals surface area (Å²) in [5, 5.41) is 3.46. The van der Waals surface area contributed by atoms with E-state index >= 15 is 0 Å². The van der Waals surface area contributed by atoms with E-state index in [1.165, 1.54) is 0 Å². The zero-order chi connectivity index (χ0) is 16.9. The molecule has 2 heterocycles. The molecule has 0 bridgehead atoms. The second-order valence-corrected chi connectivity index (χ2v) is 6.85. The molecule has 1 N–H and O–H groups in total. The van der Waals surface area contributed by atoms with Gasteiger partial charge in [-0.2, -0.15) is 0 Å². The number of benzene rings is 1. The molecule has 24 heavy (non-hydrogen) atoms. The van der Waals surface area contributed by atoms with Crippen LogP contribution in [0.4, 0.5) is 5.69 Å². The van der Waals surface area contributed by atoms with E-state index in [9.17, 15) is 9.59 Å². The minimum atomic E-state index is 0.0732. The smallest absolute Gasteiger partial charge is 0.227 e. The zero-order valence-corrected chi connectivity index (χ0v) is 14.5. The van der Waals surface area contributed by atoms with Crippen LogP contribution >= 0.6 is 0 Å². The summed E-state index contributed by atoms with van der Waals surface area (Å²) in [7, 11) is 0. The average molecular weight is 329 g/mol. The fourth-order valence-corrected chi connectivity index (χ4v) is 3.64. The van der Waals surface area contributed by atoms with E-state index in [1.54, 1.807) is 0 Å². The number of amides is 1. The maximum atomic E-state index is 12.4. The largest absolute Gasteiger partial charge is 0.312 e. The highest BCUT2D eigenvalue weighted by Crippen LogP contribution is 2.27. The van der Waals surface area contributed by atoms with E-state index in [1.807, 2.05) is 29.2 Å². The summed E-state index contributed by atoms with van der Waals surface area (Å²) in [6.07, 6.45) is 2.69. The average Bonchev–Trinajstić information content (AvgIpc) is 2.70. The number of carbonyl (C=O) groups excluding carboxylic acids is 2. The monoisotopic (exact) mass is 329 g/mol. The molecule has 5 heteroatoms. The molecule has 0 aliphatic carbocycles. The summed E-state index contributed by atoms with van der Waals surface area (Å²) in [6, 6.07) is 8.07. The lowest BCUT2D eigenvalue weighted by atomic mass is 10.1. The van der Waals surface area contributed by atoms with Crippen molar-refractivity contribution in [1.82, 2.24) is 10.2 Å². The maximum absolute atomic E-state index is 12.4. The maximum Gasteiger partial charge on any atom is 0.227 e. The quantitative estimate of drug-likeness (QED) is 0.840. The summed E-state index contributed by atoms with van der Waals surface area (Å²) in [5.74, 6) is 0.153. The summed E-state index contributed by atoms with van der Waals surface area (Å²) in [5.41, 5.74) is 1.49. The van der Waals surface area contributed by atoms with Crippen LogP contribution in [-0.2, 0) is 4.79 Å². The van der Waals surface area contributed by atoms with Crippen molar-refractivity contribution < 1.29 is 9.59 Å². The van der Waals surface area contributed by atoms with Gasteiger partial charge in [-0.25, -0.2) is 0 Å². The van der Waals surface area contributed by atoms with Gasteiger partial charge in [0.2, 0.25) is 5.91 Å². The van der Waals surface area contributed by atoms with Gasteiger partial charge in [0.25, 0.3) is 0 Å². The minimum absolute atomic E-state index is 0.0732. The molecule has 2 aliphatic heterocycles. The molecule has 5 nitrogen and oxygen atoms in total. The molecule has 1 amide bonds. The van der Waals surface area contributed by atoms with Gasteiger partial charge in [-0.1, -0.05) is 12.1 Å². The van der Waals surface area contributed by atoms with Crippen molar-refractivity contribution in [2.75, 3.05) is 37.6 Å². The number of para-hydroxylation sites is 1. The van der Waals surface area contributed by atoms with Crippen LogP contribution in [0.25, 0.3) is 0 Å². The van der Waals surface area contributed by atoms with Crippen molar-refractivity contribution in [3.05, 3.63) is 29.8 Å². The van der Waals surface area contributed by atoms with Crippen molar-refractivity contribution in [2.45, 2.75) is 38.6 Å². The van der Waals surface area contributed by atoms with Crippen LogP contribution in [0.3, 0.4) is 0 Å². The lowest BCUT2D eigenvalue weighted by Gasteiger charge is -2.32. The van der Waals surface area contributed by atoms with E-state index in [0.29, 0.717) is 31.0 Å². The second kappa shape index (κ2) is 7.90. The first-order valence-corrected chi connectivity index (χ1v) is 9.03. The summed E-state index contributed by atoms with van der Waals surface area (Å²) < 4.78 is 0. The van der Waals surface area contributed by atoms with E-state index < -0.39 is 0 Å². The Hall–Kier alpha value is -1.72. The number of nitrogens with zero attached hydrogens (tertiary/aromatic N) is 2. The van der Waals surface area contributed by atoms with Gasteiger partial charge in [0.15, 0.2) is 5.78 Å². The molecule has 2 aliphatic rings. The molecular weight excluding hydrogens is 302 g/mol. The Kier molecular flexibility index (Phi) is 5.63. The molecule has 3 rings (SSSR count). The topological polar surface area (TPSA) is 52.7 Å². The number of hydrogen-bond acceptors (Lipinski definition) is 4. The first-order chi connectivity index (χ1) is 11.6. The number of anilines is 1. The van der Waals surface area contributed by atoms with E-state index in [4.69, 9.17) is 0 Å². The number of nitrogens with one attached hydrogen (secondary N) is 1. The third-order valence-electron chi connectivity index (χ3n) is 4.92. The highest BCUT2D eigenvalue weighted by Gasteiger charge is 2.25. The molecule has 1 saturated heterocycles.